The predicted molar refractivity (Wildman–Crippen MR) is 67.6 cm³/mol. The SMILES string of the molecule is COC(=O)c1nnc(-c2cnccc2NC(C)C)o1. The zero-order valence-electron chi connectivity index (χ0n) is 10.9. The van der Waals surface area contributed by atoms with Crippen molar-refractivity contribution in [3.8, 4) is 11.5 Å². The Morgan fingerprint density at radius 2 is 2.21 bits per heavy atom. The van der Waals surface area contributed by atoms with Crippen LogP contribution in [0.25, 0.3) is 11.5 Å². The summed E-state index contributed by atoms with van der Waals surface area (Å²) in [6.45, 7) is 4.02. The first-order valence-corrected chi connectivity index (χ1v) is 5.74. The van der Waals surface area contributed by atoms with Crippen LogP contribution in [0.1, 0.15) is 24.5 Å². The molecule has 100 valence electrons. The van der Waals surface area contributed by atoms with E-state index in [1.54, 1.807) is 18.5 Å². The summed E-state index contributed by atoms with van der Waals surface area (Å²) in [5.74, 6) is -0.630. The second-order valence-corrected chi connectivity index (χ2v) is 4.12. The maximum absolute atomic E-state index is 11.3. The van der Waals surface area contributed by atoms with Gasteiger partial charge in [-0.25, -0.2) is 4.79 Å². The van der Waals surface area contributed by atoms with Crippen molar-refractivity contribution in [2.24, 2.45) is 0 Å². The normalized spacial score (nSPS) is 10.5. The lowest BCUT2D eigenvalue weighted by Crippen LogP contribution is -2.10. The van der Waals surface area contributed by atoms with Gasteiger partial charge in [-0.05, 0) is 19.9 Å². The molecule has 7 heteroatoms. The summed E-state index contributed by atoms with van der Waals surface area (Å²) in [6.07, 6.45) is 3.26. The van der Waals surface area contributed by atoms with Crippen molar-refractivity contribution in [1.82, 2.24) is 15.2 Å². The van der Waals surface area contributed by atoms with E-state index >= 15 is 0 Å². The van der Waals surface area contributed by atoms with Crippen LogP contribution < -0.4 is 5.32 Å². The van der Waals surface area contributed by atoms with Crippen LogP contribution in [-0.2, 0) is 4.74 Å². The average Bonchev–Trinajstić information content (AvgIpc) is 2.87. The molecule has 2 heterocycles. The second-order valence-electron chi connectivity index (χ2n) is 4.12. The van der Waals surface area contributed by atoms with Gasteiger partial charge >= 0.3 is 11.9 Å². The van der Waals surface area contributed by atoms with Gasteiger partial charge in [0.15, 0.2) is 0 Å². The van der Waals surface area contributed by atoms with Crippen LogP contribution in [0.3, 0.4) is 0 Å². The van der Waals surface area contributed by atoms with E-state index < -0.39 is 5.97 Å². The lowest BCUT2D eigenvalue weighted by atomic mass is 10.2. The molecule has 0 aliphatic carbocycles. The van der Waals surface area contributed by atoms with Gasteiger partial charge in [-0.2, -0.15) is 0 Å². The van der Waals surface area contributed by atoms with E-state index in [0.717, 1.165) is 5.69 Å². The average molecular weight is 262 g/mol. The van der Waals surface area contributed by atoms with E-state index in [2.05, 4.69) is 25.2 Å². The number of anilines is 1. The number of hydrogen-bond donors (Lipinski definition) is 1. The summed E-state index contributed by atoms with van der Waals surface area (Å²) in [6, 6.07) is 2.04. The molecule has 0 aromatic carbocycles. The van der Waals surface area contributed by atoms with Gasteiger partial charge in [0, 0.05) is 18.4 Å². The van der Waals surface area contributed by atoms with Crippen molar-refractivity contribution in [2.45, 2.75) is 19.9 Å². The van der Waals surface area contributed by atoms with E-state index in [0.29, 0.717) is 5.56 Å². The minimum atomic E-state index is -0.666. The first-order valence-electron chi connectivity index (χ1n) is 5.74. The zero-order valence-corrected chi connectivity index (χ0v) is 10.9. The van der Waals surface area contributed by atoms with Crippen molar-refractivity contribution in [2.75, 3.05) is 12.4 Å². The zero-order chi connectivity index (χ0) is 13.8. The van der Waals surface area contributed by atoms with E-state index in [1.807, 2.05) is 13.8 Å². The number of nitrogens with one attached hydrogen (secondary N) is 1. The number of nitrogens with zero attached hydrogens (tertiary/aromatic N) is 3. The molecular weight excluding hydrogens is 248 g/mol. The van der Waals surface area contributed by atoms with Crippen molar-refractivity contribution in [1.29, 1.82) is 0 Å². The van der Waals surface area contributed by atoms with Crippen LogP contribution in [-0.4, -0.2) is 34.3 Å². The number of ether oxygens (including phenoxy) is 1. The number of carbonyl (C=O) groups excluding carboxylic acids is 1. The molecule has 0 saturated heterocycles. The summed E-state index contributed by atoms with van der Waals surface area (Å²) in [5.41, 5.74) is 1.45. The van der Waals surface area contributed by atoms with Crippen LogP contribution in [0.2, 0.25) is 0 Å². The van der Waals surface area contributed by atoms with Crippen LogP contribution in [0, 0.1) is 0 Å². The maximum atomic E-state index is 11.3. The molecule has 0 aliphatic rings. The highest BCUT2D eigenvalue weighted by Crippen LogP contribution is 2.26. The molecule has 0 saturated carbocycles. The third-order valence-electron chi connectivity index (χ3n) is 2.28. The fourth-order valence-electron chi connectivity index (χ4n) is 1.50. The van der Waals surface area contributed by atoms with Crippen molar-refractivity contribution in [3.05, 3.63) is 24.4 Å². The quantitative estimate of drug-likeness (QED) is 0.839. The third-order valence-corrected chi connectivity index (χ3v) is 2.28. The summed E-state index contributed by atoms with van der Waals surface area (Å²) in [5, 5.41) is 10.7. The number of aromatic nitrogens is 3. The molecule has 19 heavy (non-hydrogen) atoms. The summed E-state index contributed by atoms with van der Waals surface area (Å²) >= 11 is 0. The van der Waals surface area contributed by atoms with Crippen molar-refractivity contribution >= 4 is 11.7 Å². The Balaban J connectivity index is 2.36. The molecule has 0 radical (unpaired) electrons. The smallest absolute Gasteiger partial charge is 0.396 e. The number of esters is 1. The van der Waals surface area contributed by atoms with Gasteiger partial charge in [-0.1, -0.05) is 0 Å². The number of carbonyl (C=O) groups is 1. The van der Waals surface area contributed by atoms with Gasteiger partial charge in [0.2, 0.25) is 0 Å². The highest BCUT2D eigenvalue weighted by atomic mass is 16.5. The Morgan fingerprint density at radius 3 is 2.89 bits per heavy atom. The molecule has 0 amide bonds. The topological polar surface area (TPSA) is 90.1 Å². The Labute approximate surface area is 110 Å². The number of hydrogen-bond acceptors (Lipinski definition) is 7. The molecule has 0 unspecified atom stereocenters. The fraction of sp³-hybridized carbons (Fsp3) is 0.333. The molecule has 2 rings (SSSR count). The highest BCUT2D eigenvalue weighted by molar-refractivity contribution is 5.84. The van der Waals surface area contributed by atoms with E-state index in [9.17, 15) is 4.79 Å². The molecule has 0 fully saturated rings. The van der Waals surface area contributed by atoms with E-state index in [1.165, 1.54) is 7.11 Å². The first kappa shape index (κ1) is 13.0. The number of rotatable bonds is 4. The standard InChI is InChI=1S/C12H14N4O3/c1-7(2)14-9-4-5-13-6-8(9)10-15-16-11(19-10)12(17)18-3/h4-7H,1-3H3,(H,13,14). The van der Waals surface area contributed by atoms with Crippen LogP contribution in [0.5, 0.6) is 0 Å². The molecule has 2 aromatic heterocycles. The molecule has 1 N–H and O–H groups in total. The highest BCUT2D eigenvalue weighted by Gasteiger charge is 2.18. The molecular formula is C12H14N4O3. The molecule has 0 spiro atoms. The van der Waals surface area contributed by atoms with Crippen LogP contribution >= 0.6 is 0 Å². The van der Waals surface area contributed by atoms with Crippen LogP contribution in [0.15, 0.2) is 22.9 Å². The Hall–Kier alpha value is -2.44. The van der Waals surface area contributed by atoms with Gasteiger partial charge < -0.3 is 14.5 Å². The Morgan fingerprint density at radius 1 is 1.42 bits per heavy atom. The maximum Gasteiger partial charge on any atom is 0.396 e. The number of pyridine rings is 1. The lowest BCUT2D eigenvalue weighted by molar-refractivity contribution is 0.0556. The van der Waals surface area contributed by atoms with Crippen molar-refractivity contribution < 1.29 is 13.9 Å². The Bertz CT molecular complexity index is 580. The minimum Gasteiger partial charge on any atom is -0.462 e. The van der Waals surface area contributed by atoms with Gasteiger partial charge in [-0.3, -0.25) is 4.98 Å². The van der Waals surface area contributed by atoms with Gasteiger partial charge in [-0.15, -0.1) is 10.2 Å². The largest absolute Gasteiger partial charge is 0.462 e. The molecule has 7 nitrogen and oxygen atoms in total. The number of methoxy groups -OCH3 is 1. The molecule has 0 aliphatic heterocycles. The van der Waals surface area contributed by atoms with Crippen molar-refractivity contribution in [3.63, 3.8) is 0 Å². The summed E-state index contributed by atoms with van der Waals surface area (Å²) in [4.78, 5) is 15.3. The minimum absolute atomic E-state index is 0.183. The van der Waals surface area contributed by atoms with E-state index in [4.69, 9.17) is 4.42 Å². The first-order chi connectivity index (χ1) is 9.11. The molecule has 2 aromatic rings. The predicted octanol–water partition coefficient (Wildman–Crippen LogP) is 1.74. The van der Waals surface area contributed by atoms with E-state index in [-0.39, 0.29) is 17.8 Å². The summed E-state index contributed by atoms with van der Waals surface area (Å²) < 4.78 is 9.78. The lowest BCUT2D eigenvalue weighted by Gasteiger charge is -2.11. The monoisotopic (exact) mass is 262 g/mol. The van der Waals surface area contributed by atoms with Gasteiger partial charge in [0.25, 0.3) is 5.89 Å². The summed E-state index contributed by atoms with van der Waals surface area (Å²) in [7, 11) is 1.25. The third kappa shape index (κ3) is 2.87. The van der Waals surface area contributed by atoms with Gasteiger partial charge in [0.1, 0.15) is 0 Å². The fourth-order valence-corrected chi connectivity index (χ4v) is 1.50. The second kappa shape index (κ2) is 5.47. The molecule has 0 bridgehead atoms. The van der Waals surface area contributed by atoms with Crippen LogP contribution in [0.4, 0.5) is 5.69 Å². The van der Waals surface area contributed by atoms with Gasteiger partial charge in [0.05, 0.1) is 18.4 Å². The molecule has 0 atom stereocenters. The Kier molecular flexibility index (Phi) is 3.74.